The number of carbonyl (C=O) groups is 2. The molecule has 0 aromatic rings. The molecule has 27 heavy (non-hydrogen) atoms. The predicted octanol–water partition coefficient (Wildman–Crippen LogP) is 4.86. The lowest BCUT2D eigenvalue weighted by atomic mass is 9.98. The van der Waals surface area contributed by atoms with Crippen molar-refractivity contribution in [3.8, 4) is 0 Å². The summed E-state index contributed by atoms with van der Waals surface area (Å²) < 4.78 is 10.2. The van der Waals surface area contributed by atoms with E-state index in [4.69, 9.17) is 9.47 Å². The van der Waals surface area contributed by atoms with Gasteiger partial charge >= 0.3 is 11.9 Å². The van der Waals surface area contributed by atoms with E-state index in [-0.39, 0.29) is 13.2 Å². The molecule has 0 aromatic heterocycles. The van der Waals surface area contributed by atoms with Crippen molar-refractivity contribution in [2.75, 3.05) is 13.2 Å². The summed E-state index contributed by atoms with van der Waals surface area (Å²) in [5, 5.41) is 9.54. The van der Waals surface area contributed by atoms with Crippen molar-refractivity contribution >= 4 is 11.9 Å². The molecule has 0 spiro atoms. The highest BCUT2D eigenvalue weighted by Crippen LogP contribution is 2.31. The van der Waals surface area contributed by atoms with E-state index in [1.807, 2.05) is 6.08 Å². The molecule has 1 fully saturated rings. The van der Waals surface area contributed by atoms with E-state index < -0.39 is 17.5 Å². The van der Waals surface area contributed by atoms with Crippen molar-refractivity contribution in [1.82, 2.24) is 0 Å². The smallest absolute Gasteiger partial charge is 0.334 e. The van der Waals surface area contributed by atoms with E-state index in [1.54, 1.807) is 0 Å². The highest BCUT2D eigenvalue weighted by Gasteiger charge is 2.44. The minimum absolute atomic E-state index is 0.0969. The average Bonchev–Trinajstić information content (AvgIpc) is 2.97. The number of unbranched alkanes of at least 4 members (excludes halogenated alkanes) is 11. The zero-order valence-electron chi connectivity index (χ0n) is 17.3. The molecular weight excluding hydrogens is 344 g/mol. The second-order valence-electron chi connectivity index (χ2n) is 7.74. The molecule has 156 valence electrons. The Labute approximate surface area is 164 Å². The summed E-state index contributed by atoms with van der Waals surface area (Å²) in [6, 6.07) is 0. The summed E-state index contributed by atoms with van der Waals surface area (Å²) in [6.45, 7) is 3.10. The van der Waals surface area contributed by atoms with E-state index in [2.05, 4.69) is 6.92 Å². The monoisotopic (exact) mass is 382 g/mol. The number of aliphatic hydroxyl groups excluding tert-OH is 1. The number of cyclic esters (lactones) is 1. The number of aliphatic hydroxyl groups is 1. The first kappa shape index (κ1) is 23.7. The van der Waals surface area contributed by atoms with Gasteiger partial charge in [-0.05, 0) is 12.8 Å². The quantitative estimate of drug-likeness (QED) is 0.249. The fraction of sp³-hybridized carbons (Fsp3) is 0.818. The molecule has 1 aliphatic rings. The third-order valence-corrected chi connectivity index (χ3v) is 5.11. The fourth-order valence-electron chi connectivity index (χ4n) is 3.41. The Morgan fingerprint density at radius 3 is 2.15 bits per heavy atom. The molecule has 1 atom stereocenters. The molecule has 1 rings (SSSR count). The van der Waals surface area contributed by atoms with Crippen molar-refractivity contribution in [3.63, 3.8) is 0 Å². The Morgan fingerprint density at radius 1 is 1.07 bits per heavy atom. The van der Waals surface area contributed by atoms with Gasteiger partial charge < -0.3 is 14.6 Å². The molecule has 1 unspecified atom stereocenters. The maximum absolute atomic E-state index is 12.0. The summed E-state index contributed by atoms with van der Waals surface area (Å²) in [5.74, 6) is -0.850. The molecule has 0 saturated carbocycles. The van der Waals surface area contributed by atoms with Crippen LogP contribution in [0.4, 0.5) is 0 Å². The van der Waals surface area contributed by atoms with Gasteiger partial charge in [-0.15, -0.1) is 0 Å². The molecule has 5 heteroatoms. The highest BCUT2D eigenvalue weighted by molar-refractivity contribution is 5.91. The molecule has 0 radical (unpaired) electrons. The van der Waals surface area contributed by atoms with Crippen molar-refractivity contribution in [2.45, 2.75) is 103 Å². The van der Waals surface area contributed by atoms with E-state index in [9.17, 15) is 14.7 Å². The first-order chi connectivity index (χ1) is 13.0. The summed E-state index contributed by atoms with van der Waals surface area (Å²) >= 11 is 0. The Morgan fingerprint density at radius 2 is 1.63 bits per heavy atom. The van der Waals surface area contributed by atoms with Gasteiger partial charge in [0, 0.05) is 18.9 Å². The first-order valence-corrected chi connectivity index (χ1v) is 10.7. The van der Waals surface area contributed by atoms with Gasteiger partial charge in [0.05, 0.1) is 6.61 Å². The standard InChI is InChI=1S/C22H38O5/c1-3-4-5-6-7-8-9-10-11-12-13-14-15-20-16-22(17-23,27-21(20)25)18-26-19(2)24/h15,23H,3-14,16-18H2,1-2H3/b20-15+. The van der Waals surface area contributed by atoms with Crippen LogP contribution >= 0.6 is 0 Å². The van der Waals surface area contributed by atoms with Crippen LogP contribution in [0.15, 0.2) is 11.6 Å². The number of hydrogen-bond donors (Lipinski definition) is 1. The van der Waals surface area contributed by atoms with E-state index in [0.29, 0.717) is 12.0 Å². The average molecular weight is 383 g/mol. The maximum Gasteiger partial charge on any atom is 0.334 e. The van der Waals surface area contributed by atoms with Crippen LogP contribution in [0.5, 0.6) is 0 Å². The molecule has 0 aliphatic carbocycles. The summed E-state index contributed by atoms with van der Waals surface area (Å²) in [7, 11) is 0. The van der Waals surface area contributed by atoms with Gasteiger partial charge in [0.25, 0.3) is 0 Å². The summed E-state index contributed by atoms with van der Waals surface area (Å²) in [5.41, 5.74) is -0.519. The number of allylic oxidation sites excluding steroid dienone is 1. The van der Waals surface area contributed by atoms with Crippen LogP contribution in [-0.2, 0) is 19.1 Å². The van der Waals surface area contributed by atoms with Crippen LogP contribution in [0.3, 0.4) is 0 Å². The van der Waals surface area contributed by atoms with Gasteiger partial charge in [-0.3, -0.25) is 4.79 Å². The topological polar surface area (TPSA) is 72.8 Å². The van der Waals surface area contributed by atoms with E-state index in [0.717, 1.165) is 12.8 Å². The maximum atomic E-state index is 12.0. The number of ether oxygens (including phenoxy) is 2. The fourth-order valence-corrected chi connectivity index (χ4v) is 3.41. The van der Waals surface area contributed by atoms with E-state index in [1.165, 1.54) is 71.1 Å². The highest BCUT2D eigenvalue weighted by atomic mass is 16.6. The number of carbonyl (C=O) groups excluding carboxylic acids is 2. The van der Waals surface area contributed by atoms with Crippen LogP contribution in [0.25, 0.3) is 0 Å². The molecule has 0 bridgehead atoms. The second kappa shape index (κ2) is 13.8. The Hall–Kier alpha value is -1.36. The SMILES string of the molecule is CCCCCCCCCCCCC/C=C1\CC(CO)(COC(C)=O)OC1=O. The Kier molecular flexibility index (Phi) is 12.1. The van der Waals surface area contributed by atoms with E-state index >= 15 is 0 Å². The van der Waals surface area contributed by atoms with Gasteiger partial charge in [-0.1, -0.05) is 77.2 Å². The van der Waals surface area contributed by atoms with Gasteiger partial charge in [-0.2, -0.15) is 0 Å². The molecule has 1 saturated heterocycles. The van der Waals surface area contributed by atoms with Crippen molar-refractivity contribution in [2.24, 2.45) is 0 Å². The Balaban J connectivity index is 2.13. The van der Waals surface area contributed by atoms with Crippen LogP contribution in [0, 0.1) is 0 Å². The van der Waals surface area contributed by atoms with Crippen LogP contribution in [0.2, 0.25) is 0 Å². The van der Waals surface area contributed by atoms with Gasteiger partial charge in [0.15, 0.2) is 5.60 Å². The summed E-state index contributed by atoms with van der Waals surface area (Å²) in [6.07, 6.45) is 17.3. The molecule has 1 aliphatic heterocycles. The van der Waals surface area contributed by atoms with Crippen molar-refractivity contribution in [1.29, 1.82) is 0 Å². The third-order valence-electron chi connectivity index (χ3n) is 5.11. The summed E-state index contributed by atoms with van der Waals surface area (Å²) in [4.78, 5) is 22.9. The molecule has 0 amide bonds. The number of hydrogen-bond acceptors (Lipinski definition) is 5. The van der Waals surface area contributed by atoms with Crippen LogP contribution in [0.1, 0.15) is 97.3 Å². The lowest BCUT2D eigenvalue weighted by Crippen LogP contribution is -2.39. The zero-order chi connectivity index (χ0) is 20.0. The lowest BCUT2D eigenvalue weighted by molar-refractivity contribution is -0.164. The van der Waals surface area contributed by atoms with Gasteiger partial charge in [0.2, 0.25) is 0 Å². The molecular formula is C22H38O5. The molecule has 1 heterocycles. The lowest BCUT2D eigenvalue weighted by Gasteiger charge is -2.23. The first-order valence-electron chi connectivity index (χ1n) is 10.7. The van der Waals surface area contributed by atoms with Gasteiger partial charge in [-0.25, -0.2) is 4.79 Å². The Bertz CT molecular complexity index is 471. The second-order valence-corrected chi connectivity index (χ2v) is 7.74. The van der Waals surface area contributed by atoms with Crippen LogP contribution in [-0.4, -0.2) is 35.9 Å². The van der Waals surface area contributed by atoms with Gasteiger partial charge in [0.1, 0.15) is 6.61 Å². The van der Waals surface area contributed by atoms with Crippen molar-refractivity contribution in [3.05, 3.63) is 11.6 Å². The predicted molar refractivity (Wildman–Crippen MR) is 106 cm³/mol. The number of esters is 2. The van der Waals surface area contributed by atoms with Crippen molar-refractivity contribution < 1.29 is 24.2 Å². The van der Waals surface area contributed by atoms with Crippen LogP contribution < -0.4 is 0 Å². The molecule has 5 nitrogen and oxygen atoms in total. The minimum atomic E-state index is -1.11. The normalized spacial score (nSPS) is 20.9. The molecule has 1 N–H and O–H groups in total. The minimum Gasteiger partial charge on any atom is -0.462 e. The third kappa shape index (κ3) is 9.94. The largest absolute Gasteiger partial charge is 0.462 e. The zero-order valence-corrected chi connectivity index (χ0v) is 17.3. The number of rotatable bonds is 15. The molecule has 0 aromatic carbocycles.